The van der Waals surface area contributed by atoms with Gasteiger partial charge in [-0.05, 0) is 25.2 Å². The van der Waals surface area contributed by atoms with E-state index in [4.69, 9.17) is 11.6 Å². The van der Waals surface area contributed by atoms with Crippen LogP contribution in [-0.4, -0.2) is 10.1 Å². The lowest BCUT2D eigenvalue weighted by Crippen LogP contribution is -2.09. The maximum atomic E-state index is 9.74. The van der Waals surface area contributed by atoms with Gasteiger partial charge in [0.2, 0.25) is 0 Å². The smallest absolute Gasteiger partial charge is 0.141 e. The van der Waals surface area contributed by atoms with Gasteiger partial charge in [-0.25, -0.2) is 0 Å². The maximum absolute atomic E-state index is 9.74. The number of aryl methyl sites for hydroxylation is 1. The predicted octanol–water partition coefficient (Wildman–Crippen LogP) is 2.88. The summed E-state index contributed by atoms with van der Waals surface area (Å²) in [5, 5.41) is 10.1. The number of fused-ring (bicyclic) bond motifs is 1. The number of hydrogen-bond acceptors (Lipinski definition) is 2. The van der Waals surface area contributed by atoms with E-state index in [0.29, 0.717) is 10.9 Å². The molecule has 2 rings (SSSR count). The molecule has 0 aliphatic heterocycles. The third-order valence-corrected chi connectivity index (χ3v) is 2.95. The van der Waals surface area contributed by atoms with Gasteiger partial charge in [0.05, 0.1) is 0 Å². The molecular formula is C10H12ClNO. The van der Waals surface area contributed by atoms with Crippen LogP contribution in [0.5, 0.6) is 5.75 Å². The molecule has 3 heteroatoms. The first-order valence-electron chi connectivity index (χ1n) is 4.56. The topological polar surface area (TPSA) is 33.1 Å². The SMILES string of the molecule is C[C@@H]1CCCc2ncc(Cl)c(O)c21. The number of halogens is 1. The summed E-state index contributed by atoms with van der Waals surface area (Å²) >= 11 is 5.80. The Morgan fingerprint density at radius 2 is 2.38 bits per heavy atom. The highest BCUT2D eigenvalue weighted by molar-refractivity contribution is 6.32. The molecule has 0 radical (unpaired) electrons. The van der Waals surface area contributed by atoms with Gasteiger partial charge in [-0.1, -0.05) is 18.5 Å². The Morgan fingerprint density at radius 1 is 1.62 bits per heavy atom. The van der Waals surface area contributed by atoms with E-state index < -0.39 is 0 Å². The van der Waals surface area contributed by atoms with Crippen molar-refractivity contribution in [3.8, 4) is 5.75 Å². The third kappa shape index (κ3) is 1.39. The number of hydrogen-bond donors (Lipinski definition) is 1. The molecule has 0 unspecified atom stereocenters. The fourth-order valence-corrected chi connectivity index (χ4v) is 2.12. The molecule has 1 atom stereocenters. The molecule has 1 aromatic heterocycles. The summed E-state index contributed by atoms with van der Waals surface area (Å²) in [6.07, 6.45) is 4.77. The Kier molecular flexibility index (Phi) is 2.16. The van der Waals surface area contributed by atoms with Crippen molar-refractivity contribution in [3.63, 3.8) is 0 Å². The van der Waals surface area contributed by atoms with E-state index in [-0.39, 0.29) is 5.75 Å². The molecule has 0 fully saturated rings. The molecule has 0 amide bonds. The summed E-state index contributed by atoms with van der Waals surface area (Å²) in [6, 6.07) is 0. The fraction of sp³-hybridized carbons (Fsp3) is 0.500. The Balaban J connectivity index is 2.58. The highest BCUT2D eigenvalue weighted by Crippen LogP contribution is 2.39. The van der Waals surface area contributed by atoms with Gasteiger partial charge in [0.1, 0.15) is 10.8 Å². The molecule has 0 aromatic carbocycles. The van der Waals surface area contributed by atoms with E-state index in [2.05, 4.69) is 11.9 Å². The highest BCUT2D eigenvalue weighted by atomic mass is 35.5. The van der Waals surface area contributed by atoms with Crippen LogP contribution in [0, 0.1) is 0 Å². The molecule has 0 saturated carbocycles. The first-order chi connectivity index (χ1) is 6.20. The van der Waals surface area contributed by atoms with E-state index >= 15 is 0 Å². The molecular weight excluding hydrogens is 186 g/mol. The number of aromatic hydroxyl groups is 1. The van der Waals surface area contributed by atoms with Crippen molar-refractivity contribution in [1.82, 2.24) is 4.98 Å². The van der Waals surface area contributed by atoms with Crippen LogP contribution in [0.2, 0.25) is 5.02 Å². The second-order valence-corrected chi connectivity index (χ2v) is 4.02. The maximum Gasteiger partial charge on any atom is 0.141 e. The summed E-state index contributed by atoms with van der Waals surface area (Å²) in [5.41, 5.74) is 1.97. The standard InChI is InChI=1S/C10H12ClNO/c1-6-3-2-4-8-9(6)10(13)7(11)5-12-8/h5-6H,2-4H2,1H3,(H,12,13)/t6-/m1/s1. The van der Waals surface area contributed by atoms with E-state index in [1.807, 2.05) is 0 Å². The first kappa shape index (κ1) is 8.82. The molecule has 2 nitrogen and oxygen atoms in total. The second-order valence-electron chi connectivity index (χ2n) is 3.61. The van der Waals surface area contributed by atoms with E-state index in [0.717, 1.165) is 30.5 Å². The summed E-state index contributed by atoms with van der Waals surface area (Å²) in [5.74, 6) is 0.619. The van der Waals surface area contributed by atoms with Crippen LogP contribution in [0.15, 0.2) is 6.20 Å². The molecule has 70 valence electrons. The molecule has 1 aliphatic carbocycles. The van der Waals surface area contributed by atoms with Gasteiger partial charge in [-0.2, -0.15) is 0 Å². The molecule has 1 heterocycles. The zero-order valence-corrected chi connectivity index (χ0v) is 8.30. The Bertz CT molecular complexity index is 338. The minimum absolute atomic E-state index is 0.235. The van der Waals surface area contributed by atoms with Crippen molar-refractivity contribution >= 4 is 11.6 Å². The summed E-state index contributed by atoms with van der Waals surface area (Å²) < 4.78 is 0. The minimum Gasteiger partial charge on any atom is -0.506 e. The van der Waals surface area contributed by atoms with Crippen molar-refractivity contribution in [2.24, 2.45) is 0 Å². The van der Waals surface area contributed by atoms with Crippen LogP contribution in [0.4, 0.5) is 0 Å². The van der Waals surface area contributed by atoms with Gasteiger partial charge in [0, 0.05) is 17.5 Å². The van der Waals surface area contributed by atoms with Crippen LogP contribution >= 0.6 is 11.6 Å². The number of rotatable bonds is 0. The number of aromatic nitrogens is 1. The van der Waals surface area contributed by atoms with Crippen LogP contribution in [0.1, 0.15) is 36.9 Å². The minimum atomic E-state index is 0.235. The average molecular weight is 198 g/mol. The van der Waals surface area contributed by atoms with E-state index in [9.17, 15) is 5.11 Å². The number of nitrogens with zero attached hydrogens (tertiary/aromatic N) is 1. The van der Waals surface area contributed by atoms with Crippen LogP contribution in [0.25, 0.3) is 0 Å². The molecule has 1 N–H and O–H groups in total. The van der Waals surface area contributed by atoms with Crippen LogP contribution in [0.3, 0.4) is 0 Å². The van der Waals surface area contributed by atoms with Gasteiger partial charge in [0.25, 0.3) is 0 Å². The third-order valence-electron chi connectivity index (χ3n) is 2.67. The van der Waals surface area contributed by atoms with Gasteiger partial charge in [0.15, 0.2) is 0 Å². The lowest BCUT2D eigenvalue weighted by Gasteiger charge is -2.22. The zero-order chi connectivity index (χ0) is 9.42. The summed E-state index contributed by atoms with van der Waals surface area (Å²) in [6.45, 7) is 2.11. The molecule has 13 heavy (non-hydrogen) atoms. The van der Waals surface area contributed by atoms with Crippen LogP contribution < -0.4 is 0 Å². The van der Waals surface area contributed by atoms with Gasteiger partial charge in [-0.3, -0.25) is 4.98 Å². The van der Waals surface area contributed by atoms with Crippen molar-refractivity contribution in [2.45, 2.75) is 32.1 Å². The van der Waals surface area contributed by atoms with Gasteiger partial charge in [-0.15, -0.1) is 0 Å². The molecule has 1 aliphatic rings. The highest BCUT2D eigenvalue weighted by Gasteiger charge is 2.22. The lowest BCUT2D eigenvalue weighted by molar-refractivity contribution is 0.448. The van der Waals surface area contributed by atoms with Crippen molar-refractivity contribution < 1.29 is 5.11 Å². The average Bonchev–Trinajstić information content (AvgIpc) is 2.12. The van der Waals surface area contributed by atoms with E-state index in [1.54, 1.807) is 0 Å². The molecule has 1 aromatic rings. The van der Waals surface area contributed by atoms with Crippen molar-refractivity contribution in [1.29, 1.82) is 0 Å². The fourth-order valence-electron chi connectivity index (χ4n) is 1.97. The monoisotopic (exact) mass is 197 g/mol. The Hall–Kier alpha value is -0.760. The second kappa shape index (κ2) is 3.18. The van der Waals surface area contributed by atoms with Gasteiger partial charge < -0.3 is 5.11 Å². The number of pyridine rings is 1. The van der Waals surface area contributed by atoms with Crippen molar-refractivity contribution in [2.75, 3.05) is 0 Å². The molecule has 0 bridgehead atoms. The first-order valence-corrected chi connectivity index (χ1v) is 4.94. The Morgan fingerprint density at radius 3 is 3.15 bits per heavy atom. The van der Waals surface area contributed by atoms with Crippen molar-refractivity contribution in [3.05, 3.63) is 22.5 Å². The largest absolute Gasteiger partial charge is 0.506 e. The molecule has 0 saturated heterocycles. The zero-order valence-electron chi connectivity index (χ0n) is 7.55. The van der Waals surface area contributed by atoms with Crippen LogP contribution in [-0.2, 0) is 6.42 Å². The quantitative estimate of drug-likeness (QED) is 0.694. The normalized spacial score (nSPS) is 21.2. The summed E-state index contributed by atoms with van der Waals surface area (Å²) in [7, 11) is 0. The predicted molar refractivity (Wildman–Crippen MR) is 52.3 cm³/mol. The lowest BCUT2D eigenvalue weighted by atomic mass is 9.86. The van der Waals surface area contributed by atoms with Gasteiger partial charge >= 0.3 is 0 Å². The molecule has 0 spiro atoms. The van der Waals surface area contributed by atoms with E-state index in [1.165, 1.54) is 6.20 Å². The Labute approximate surface area is 82.6 Å². The summed E-state index contributed by atoms with van der Waals surface area (Å²) in [4.78, 5) is 4.24.